The minimum atomic E-state index is -4.01. The fraction of sp³-hybridized carbons (Fsp3) is 0.0870. The first-order chi connectivity index (χ1) is 16.9. The highest BCUT2D eigenvalue weighted by molar-refractivity contribution is 7.99. The molecule has 0 radical (unpaired) electrons. The molecule has 2 heterocycles. The smallest absolute Gasteiger partial charge is 0.262 e. The lowest BCUT2D eigenvalue weighted by molar-refractivity contribution is 0.354. The summed E-state index contributed by atoms with van der Waals surface area (Å²) in [6.45, 7) is 0. The molecule has 0 atom stereocenters. The number of benzene rings is 3. The maximum absolute atomic E-state index is 13.3. The van der Waals surface area contributed by atoms with Gasteiger partial charge >= 0.3 is 0 Å². The Labute approximate surface area is 204 Å². The van der Waals surface area contributed by atoms with E-state index in [4.69, 9.17) is 9.47 Å². The minimum absolute atomic E-state index is 0.00326. The number of aromatic amines is 1. The summed E-state index contributed by atoms with van der Waals surface area (Å²) in [6, 6.07) is 12.9. The molecular formula is C23H19N5O5S2. The third-order valence-corrected chi connectivity index (χ3v) is 7.68. The highest BCUT2D eigenvalue weighted by Gasteiger charge is 2.21. The zero-order valence-electron chi connectivity index (χ0n) is 18.5. The number of aromatic hydroxyl groups is 1. The number of anilines is 1. The van der Waals surface area contributed by atoms with Gasteiger partial charge in [0.25, 0.3) is 10.0 Å². The molecule has 3 N–H and O–H groups in total. The molecule has 0 aliphatic heterocycles. The van der Waals surface area contributed by atoms with Crippen molar-refractivity contribution < 1.29 is 23.0 Å². The normalized spacial score (nSPS) is 11.6. The van der Waals surface area contributed by atoms with Gasteiger partial charge in [0.05, 0.1) is 36.0 Å². The molecule has 178 valence electrons. The summed E-state index contributed by atoms with van der Waals surface area (Å²) < 4.78 is 39.7. The number of fused-ring (bicyclic) bond motifs is 2. The van der Waals surface area contributed by atoms with Crippen LogP contribution < -0.4 is 14.2 Å². The molecule has 0 spiro atoms. The molecule has 3 aromatic carbocycles. The predicted octanol–water partition coefficient (Wildman–Crippen LogP) is 4.18. The summed E-state index contributed by atoms with van der Waals surface area (Å²) in [5.74, 6) is 0.704. The third-order valence-electron chi connectivity index (χ3n) is 5.29. The number of nitrogens with one attached hydrogen (secondary N) is 2. The Balaban J connectivity index is 1.60. The number of H-pyrrole nitrogens is 1. The van der Waals surface area contributed by atoms with Crippen molar-refractivity contribution in [3.63, 3.8) is 0 Å². The van der Waals surface area contributed by atoms with Gasteiger partial charge < -0.3 is 19.6 Å². The molecule has 0 unspecified atom stereocenters. The summed E-state index contributed by atoms with van der Waals surface area (Å²) in [4.78, 5) is 15.9. The zero-order chi connectivity index (χ0) is 24.6. The molecule has 35 heavy (non-hydrogen) atoms. The monoisotopic (exact) mass is 509 g/mol. The molecule has 10 nitrogen and oxygen atoms in total. The molecule has 0 fully saturated rings. The highest BCUT2D eigenvalue weighted by atomic mass is 32.2. The second kappa shape index (κ2) is 8.96. The van der Waals surface area contributed by atoms with Crippen LogP contribution in [0.5, 0.6) is 17.2 Å². The van der Waals surface area contributed by atoms with Gasteiger partial charge in [-0.3, -0.25) is 4.72 Å². The second-order valence-corrected chi connectivity index (χ2v) is 10.0. The summed E-state index contributed by atoms with van der Waals surface area (Å²) in [7, 11) is -1.10. The summed E-state index contributed by atoms with van der Waals surface area (Å²) in [5.41, 5.74) is 1.39. The van der Waals surface area contributed by atoms with Gasteiger partial charge in [-0.1, -0.05) is 36.0 Å². The van der Waals surface area contributed by atoms with E-state index in [0.717, 1.165) is 0 Å². The Hall–Kier alpha value is -4.03. The lowest BCUT2D eigenvalue weighted by Gasteiger charge is -2.15. The molecule has 0 bridgehead atoms. The van der Waals surface area contributed by atoms with E-state index < -0.39 is 10.0 Å². The number of sulfonamides is 1. The average Bonchev–Trinajstić information content (AvgIpc) is 3.36. The maximum Gasteiger partial charge on any atom is 0.262 e. The molecular weight excluding hydrogens is 490 g/mol. The van der Waals surface area contributed by atoms with Crippen molar-refractivity contribution in [2.45, 2.75) is 14.8 Å². The van der Waals surface area contributed by atoms with Gasteiger partial charge in [0, 0.05) is 16.8 Å². The van der Waals surface area contributed by atoms with Crippen LogP contribution in [0.25, 0.3) is 21.9 Å². The van der Waals surface area contributed by atoms with Crippen molar-refractivity contribution in [1.82, 2.24) is 19.9 Å². The molecule has 5 rings (SSSR count). The largest absolute Gasteiger partial charge is 0.506 e. The van der Waals surface area contributed by atoms with E-state index in [1.165, 1.54) is 56.8 Å². The lowest BCUT2D eigenvalue weighted by atomic mass is 10.1. The van der Waals surface area contributed by atoms with Gasteiger partial charge in [-0.15, -0.1) is 0 Å². The van der Waals surface area contributed by atoms with Crippen molar-refractivity contribution in [3.05, 3.63) is 61.2 Å². The molecule has 0 amide bonds. The lowest BCUT2D eigenvalue weighted by Crippen LogP contribution is -2.13. The third kappa shape index (κ3) is 4.17. The van der Waals surface area contributed by atoms with Crippen LogP contribution in [0.2, 0.25) is 0 Å². The molecule has 0 saturated carbocycles. The van der Waals surface area contributed by atoms with Crippen LogP contribution in [0.15, 0.2) is 76.0 Å². The Kier molecular flexibility index (Phi) is 5.83. The Morgan fingerprint density at radius 3 is 2.51 bits per heavy atom. The maximum atomic E-state index is 13.3. The second-order valence-electron chi connectivity index (χ2n) is 7.32. The molecule has 0 aliphatic rings. The van der Waals surface area contributed by atoms with Crippen molar-refractivity contribution in [2.24, 2.45) is 0 Å². The van der Waals surface area contributed by atoms with Crippen molar-refractivity contribution >= 4 is 49.4 Å². The van der Waals surface area contributed by atoms with Gasteiger partial charge in [0.1, 0.15) is 22.6 Å². The first-order valence-corrected chi connectivity index (χ1v) is 12.5. The molecule has 0 saturated heterocycles. The number of rotatable bonds is 7. The minimum Gasteiger partial charge on any atom is -0.506 e. The van der Waals surface area contributed by atoms with Crippen LogP contribution in [0.1, 0.15) is 0 Å². The van der Waals surface area contributed by atoms with Crippen LogP contribution in [0.3, 0.4) is 0 Å². The number of hydrogen-bond acceptors (Lipinski definition) is 9. The zero-order valence-corrected chi connectivity index (χ0v) is 20.1. The van der Waals surface area contributed by atoms with E-state index in [-0.39, 0.29) is 16.4 Å². The quantitative estimate of drug-likeness (QED) is 0.218. The summed E-state index contributed by atoms with van der Waals surface area (Å²) in [5, 5.41) is 12.6. The fourth-order valence-electron chi connectivity index (χ4n) is 3.61. The molecule has 5 aromatic rings. The van der Waals surface area contributed by atoms with Gasteiger partial charge in [-0.05, 0) is 18.2 Å². The molecule has 2 aromatic heterocycles. The van der Waals surface area contributed by atoms with Gasteiger partial charge in [-0.2, -0.15) is 0 Å². The Morgan fingerprint density at radius 2 is 1.74 bits per heavy atom. The first kappa shape index (κ1) is 22.7. The number of ether oxygens (including phenoxy) is 2. The van der Waals surface area contributed by atoms with Crippen LogP contribution in [0, 0.1) is 0 Å². The number of aromatic nitrogens is 4. The van der Waals surface area contributed by atoms with Crippen molar-refractivity contribution in [2.75, 3.05) is 18.9 Å². The van der Waals surface area contributed by atoms with Crippen molar-refractivity contribution in [1.29, 1.82) is 0 Å². The Bertz CT molecular complexity index is 1670. The fourth-order valence-corrected chi connectivity index (χ4v) is 5.64. The van der Waals surface area contributed by atoms with Crippen LogP contribution >= 0.6 is 11.8 Å². The molecule has 0 aliphatic carbocycles. The number of methoxy groups -OCH3 is 2. The number of nitrogens with zero attached hydrogens (tertiary/aromatic N) is 3. The van der Waals surface area contributed by atoms with E-state index in [1.807, 2.05) is 0 Å². The number of hydrogen-bond donors (Lipinski definition) is 3. The number of phenols is 1. The number of imidazole rings is 1. The van der Waals surface area contributed by atoms with E-state index in [0.29, 0.717) is 43.3 Å². The van der Waals surface area contributed by atoms with Crippen LogP contribution in [0.4, 0.5) is 5.69 Å². The summed E-state index contributed by atoms with van der Waals surface area (Å²) >= 11 is 1.17. The average molecular weight is 510 g/mol. The standard InChI is InChI=1S/C23H19N5O5S2/c1-32-17-8-7-13(9-18(17)33-2)35(30,31)28-16-10-19(21(29)15-6-4-3-5-14(15)16)34-23-20-22(25-11-24-20)26-12-27-23/h3-12,28-29H,1-2H3,(H,24,25,26,27). The van der Waals surface area contributed by atoms with Crippen LogP contribution in [-0.2, 0) is 10.0 Å². The SMILES string of the molecule is COc1ccc(S(=O)(=O)Nc2cc(Sc3ncnc4nc[nH]c34)c(O)c3ccccc23)cc1OC. The number of phenolic OH excluding ortho intramolecular Hbond substituents is 1. The van der Waals surface area contributed by atoms with Gasteiger partial charge in [0.15, 0.2) is 17.1 Å². The molecule has 12 heteroatoms. The topological polar surface area (TPSA) is 139 Å². The van der Waals surface area contributed by atoms with Crippen LogP contribution in [-0.4, -0.2) is 47.7 Å². The predicted molar refractivity (Wildman–Crippen MR) is 132 cm³/mol. The van der Waals surface area contributed by atoms with E-state index in [2.05, 4.69) is 24.7 Å². The first-order valence-electron chi connectivity index (χ1n) is 10.2. The van der Waals surface area contributed by atoms with Crippen molar-refractivity contribution in [3.8, 4) is 17.2 Å². The van der Waals surface area contributed by atoms with E-state index >= 15 is 0 Å². The highest BCUT2D eigenvalue weighted by Crippen LogP contribution is 2.43. The van der Waals surface area contributed by atoms with E-state index in [9.17, 15) is 13.5 Å². The van der Waals surface area contributed by atoms with E-state index in [1.54, 1.807) is 30.3 Å². The van der Waals surface area contributed by atoms with Gasteiger partial charge in [0.2, 0.25) is 0 Å². The Morgan fingerprint density at radius 1 is 0.971 bits per heavy atom. The summed E-state index contributed by atoms with van der Waals surface area (Å²) in [6.07, 6.45) is 2.89. The van der Waals surface area contributed by atoms with Gasteiger partial charge in [-0.25, -0.2) is 23.4 Å².